The van der Waals surface area contributed by atoms with Gasteiger partial charge in [-0.3, -0.25) is 0 Å². The van der Waals surface area contributed by atoms with Crippen molar-refractivity contribution in [2.75, 3.05) is 6.61 Å². The summed E-state index contributed by atoms with van der Waals surface area (Å²) < 4.78 is 1.27. The number of thiophene rings is 1. The van der Waals surface area contributed by atoms with Crippen LogP contribution in [0, 0.1) is 0 Å². The van der Waals surface area contributed by atoms with E-state index in [0.29, 0.717) is 6.54 Å². The Hall–Kier alpha value is -1.46. The quantitative estimate of drug-likeness (QED) is 0.679. The zero-order valence-electron chi connectivity index (χ0n) is 11.9. The topological polar surface area (TPSA) is 52.5 Å². The third-order valence-corrected chi connectivity index (χ3v) is 4.89. The van der Waals surface area contributed by atoms with Gasteiger partial charge in [0, 0.05) is 21.5 Å². The first kappa shape index (κ1) is 14.5. The Bertz CT molecular complexity index is 751. The first-order valence-corrected chi connectivity index (χ1v) is 7.93. The molecule has 3 nitrogen and oxygen atoms in total. The number of aliphatic hydroxyl groups excluding tert-OH is 2. The van der Waals surface area contributed by atoms with Gasteiger partial charge in [-0.1, -0.05) is 30.3 Å². The van der Waals surface area contributed by atoms with Crippen LogP contribution in [0.2, 0.25) is 0 Å². The summed E-state index contributed by atoms with van der Waals surface area (Å²) in [5.41, 5.74) is 0. The highest BCUT2D eigenvalue weighted by Crippen LogP contribution is 2.32. The highest BCUT2D eigenvalue weighted by molar-refractivity contribution is 7.19. The van der Waals surface area contributed by atoms with E-state index in [9.17, 15) is 10.2 Å². The van der Waals surface area contributed by atoms with Crippen molar-refractivity contribution in [3.8, 4) is 0 Å². The van der Waals surface area contributed by atoms with Gasteiger partial charge in [-0.05, 0) is 29.8 Å². The number of rotatable bonds is 5. The van der Waals surface area contributed by atoms with E-state index in [4.69, 9.17) is 0 Å². The van der Waals surface area contributed by atoms with Gasteiger partial charge in [-0.25, -0.2) is 0 Å². The minimum Gasteiger partial charge on any atom is -0.395 e. The molecule has 0 aliphatic rings. The Balaban J connectivity index is 1.89. The maximum atomic E-state index is 9.55. The van der Waals surface area contributed by atoms with Crippen LogP contribution in [0.3, 0.4) is 0 Å². The molecule has 2 unspecified atom stereocenters. The summed E-state index contributed by atoms with van der Waals surface area (Å²) in [6.07, 6.45) is -0.565. The Kier molecular flexibility index (Phi) is 4.22. The maximum Gasteiger partial charge on any atom is 0.0687 e. The minimum absolute atomic E-state index is 0.0640. The van der Waals surface area contributed by atoms with E-state index < -0.39 is 6.10 Å². The lowest BCUT2D eigenvalue weighted by atomic mass is 10.1. The van der Waals surface area contributed by atoms with Gasteiger partial charge in [0.15, 0.2) is 0 Å². The molecule has 2 atom stereocenters. The monoisotopic (exact) mass is 301 g/mol. The van der Waals surface area contributed by atoms with E-state index in [1.807, 2.05) is 0 Å². The van der Waals surface area contributed by atoms with Gasteiger partial charge in [0.2, 0.25) is 0 Å². The molecule has 1 heterocycles. The summed E-state index contributed by atoms with van der Waals surface area (Å²) in [5, 5.41) is 25.8. The molecule has 0 aliphatic heterocycles. The molecule has 2 aromatic carbocycles. The van der Waals surface area contributed by atoms with Gasteiger partial charge >= 0.3 is 0 Å². The van der Waals surface area contributed by atoms with Crippen molar-refractivity contribution >= 4 is 32.2 Å². The summed E-state index contributed by atoms with van der Waals surface area (Å²) in [6, 6.07) is 14.6. The SMILES string of the molecule is CC(O)C(CO)NCc1cc2c(ccc3ccccc32)s1. The molecule has 3 N–H and O–H groups in total. The Labute approximate surface area is 127 Å². The van der Waals surface area contributed by atoms with Gasteiger partial charge < -0.3 is 15.5 Å². The van der Waals surface area contributed by atoms with Crippen LogP contribution in [0.5, 0.6) is 0 Å². The van der Waals surface area contributed by atoms with Crippen LogP contribution in [0.15, 0.2) is 42.5 Å². The predicted octanol–water partition coefficient (Wildman–Crippen LogP) is 2.89. The van der Waals surface area contributed by atoms with E-state index in [1.54, 1.807) is 18.3 Å². The number of aliphatic hydroxyl groups is 2. The fourth-order valence-corrected chi connectivity index (χ4v) is 3.58. The third kappa shape index (κ3) is 2.94. The molecule has 0 amide bonds. The second-order valence-corrected chi connectivity index (χ2v) is 6.49. The summed E-state index contributed by atoms with van der Waals surface area (Å²) in [4.78, 5) is 1.21. The highest BCUT2D eigenvalue weighted by Gasteiger charge is 2.13. The van der Waals surface area contributed by atoms with E-state index in [0.717, 1.165) is 0 Å². The van der Waals surface area contributed by atoms with Gasteiger partial charge in [-0.2, -0.15) is 0 Å². The van der Waals surface area contributed by atoms with Gasteiger partial charge in [0.25, 0.3) is 0 Å². The Morgan fingerprint density at radius 3 is 2.71 bits per heavy atom. The average Bonchev–Trinajstić information content (AvgIpc) is 2.91. The second kappa shape index (κ2) is 6.12. The molecule has 0 bridgehead atoms. The zero-order chi connectivity index (χ0) is 14.8. The van der Waals surface area contributed by atoms with Crippen molar-refractivity contribution < 1.29 is 10.2 Å². The zero-order valence-corrected chi connectivity index (χ0v) is 12.7. The minimum atomic E-state index is -0.565. The largest absolute Gasteiger partial charge is 0.395 e. The van der Waals surface area contributed by atoms with Crippen molar-refractivity contribution in [2.45, 2.75) is 25.6 Å². The summed E-state index contributed by atoms with van der Waals surface area (Å²) in [5.74, 6) is 0. The van der Waals surface area contributed by atoms with Crippen molar-refractivity contribution in [3.05, 3.63) is 47.3 Å². The molecule has 21 heavy (non-hydrogen) atoms. The first-order chi connectivity index (χ1) is 10.2. The van der Waals surface area contributed by atoms with Crippen molar-refractivity contribution in [2.24, 2.45) is 0 Å². The molecular weight excluding hydrogens is 282 g/mol. The van der Waals surface area contributed by atoms with Crippen LogP contribution in [-0.4, -0.2) is 29.0 Å². The van der Waals surface area contributed by atoms with Gasteiger partial charge in [0.1, 0.15) is 0 Å². The van der Waals surface area contributed by atoms with Crippen molar-refractivity contribution in [1.82, 2.24) is 5.32 Å². The number of benzene rings is 2. The maximum absolute atomic E-state index is 9.55. The number of hydrogen-bond donors (Lipinski definition) is 3. The fourth-order valence-electron chi connectivity index (χ4n) is 2.55. The lowest BCUT2D eigenvalue weighted by molar-refractivity contribution is 0.103. The van der Waals surface area contributed by atoms with Gasteiger partial charge in [-0.15, -0.1) is 11.3 Å². The normalized spacial score (nSPS) is 14.6. The fraction of sp³-hybridized carbons (Fsp3) is 0.294. The Morgan fingerprint density at radius 1 is 1.14 bits per heavy atom. The molecule has 4 heteroatoms. The third-order valence-electron chi connectivity index (χ3n) is 3.79. The summed E-state index contributed by atoms with van der Waals surface area (Å²) in [7, 11) is 0. The molecule has 110 valence electrons. The van der Waals surface area contributed by atoms with Crippen LogP contribution in [0.25, 0.3) is 20.9 Å². The summed E-state index contributed by atoms with van der Waals surface area (Å²) >= 11 is 1.75. The number of hydrogen-bond acceptors (Lipinski definition) is 4. The van der Waals surface area contributed by atoms with Gasteiger partial charge in [0.05, 0.1) is 18.8 Å². The van der Waals surface area contributed by atoms with Crippen LogP contribution in [-0.2, 0) is 6.54 Å². The molecule has 3 rings (SSSR count). The molecule has 0 radical (unpaired) electrons. The van der Waals surface area contributed by atoms with E-state index >= 15 is 0 Å². The molecule has 0 aliphatic carbocycles. The number of nitrogens with one attached hydrogen (secondary N) is 1. The van der Waals surface area contributed by atoms with Crippen LogP contribution in [0.1, 0.15) is 11.8 Å². The van der Waals surface area contributed by atoms with E-state index in [2.05, 4.69) is 47.8 Å². The lowest BCUT2D eigenvalue weighted by Gasteiger charge is -2.18. The molecule has 0 spiro atoms. The highest BCUT2D eigenvalue weighted by atomic mass is 32.1. The van der Waals surface area contributed by atoms with Crippen molar-refractivity contribution in [1.29, 1.82) is 0 Å². The second-order valence-electron chi connectivity index (χ2n) is 5.32. The summed E-state index contributed by atoms with van der Waals surface area (Å²) in [6.45, 7) is 2.28. The molecule has 0 fully saturated rings. The van der Waals surface area contributed by atoms with Crippen LogP contribution >= 0.6 is 11.3 Å². The number of fused-ring (bicyclic) bond motifs is 3. The molecule has 0 saturated heterocycles. The molecular formula is C17H19NO2S. The standard InChI is InChI=1S/C17H19NO2S/c1-11(20)16(10-19)18-9-13-8-15-14-5-3-2-4-12(14)6-7-17(15)21-13/h2-8,11,16,18-20H,9-10H2,1H3. The molecule has 0 saturated carbocycles. The molecule has 1 aromatic heterocycles. The first-order valence-electron chi connectivity index (χ1n) is 7.11. The van der Waals surface area contributed by atoms with Crippen LogP contribution in [0.4, 0.5) is 0 Å². The predicted molar refractivity (Wildman–Crippen MR) is 88.7 cm³/mol. The average molecular weight is 301 g/mol. The molecule has 3 aromatic rings. The van der Waals surface area contributed by atoms with E-state index in [-0.39, 0.29) is 12.6 Å². The van der Waals surface area contributed by atoms with Crippen LogP contribution < -0.4 is 5.32 Å². The Morgan fingerprint density at radius 2 is 1.95 bits per heavy atom. The lowest BCUT2D eigenvalue weighted by Crippen LogP contribution is -2.40. The van der Waals surface area contributed by atoms with E-state index in [1.165, 1.54) is 25.7 Å². The smallest absolute Gasteiger partial charge is 0.0687 e. The van der Waals surface area contributed by atoms with Crippen molar-refractivity contribution in [3.63, 3.8) is 0 Å².